The normalized spacial score (nSPS) is 14.7. The maximum atomic E-state index is 13.8. The van der Waals surface area contributed by atoms with Gasteiger partial charge in [-0.15, -0.1) is 0 Å². The molecule has 0 bridgehead atoms. The predicted molar refractivity (Wildman–Crippen MR) is 146 cm³/mol. The van der Waals surface area contributed by atoms with Crippen molar-refractivity contribution in [2.45, 2.75) is 70.5 Å². The quantitative estimate of drug-likeness (QED) is 0.374. The Kier molecular flexibility index (Phi) is 9.18. The summed E-state index contributed by atoms with van der Waals surface area (Å²) in [6, 6.07) is 25.0. The first-order valence-corrected chi connectivity index (χ1v) is 13.3. The van der Waals surface area contributed by atoms with Crippen LogP contribution in [0.2, 0.25) is 5.02 Å². The number of hydrogen-bond donors (Lipinski definition) is 1. The van der Waals surface area contributed by atoms with Gasteiger partial charge in [0.05, 0.1) is 6.42 Å². The number of benzene rings is 3. The highest BCUT2D eigenvalue weighted by atomic mass is 35.5. The van der Waals surface area contributed by atoms with Gasteiger partial charge in [0, 0.05) is 24.0 Å². The number of nitrogens with zero attached hydrogens (tertiary/aromatic N) is 1. The molecule has 0 spiro atoms. The molecule has 36 heavy (non-hydrogen) atoms. The average Bonchev–Trinajstić information content (AvgIpc) is 2.88. The van der Waals surface area contributed by atoms with Crippen LogP contribution in [-0.4, -0.2) is 28.8 Å². The maximum absolute atomic E-state index is 13.8. The molecule has 2 amide bonds. The second-order valence-corrected chi connectivity index (χ2v) is 10.3. The molecule has 1 aliphatic carbocycles. The van der Waals surface area contributed by atoms with E-state index in [0.717, 1.165) is 47.9 Å². The second kappa shape index (κ2) is 12.7. The molecule has 1 N–H and O–H groups in total. The molecule has 4 nitrogen and oxygen atoms in total. The van der Waals surface area contributed by atoms with E-state index in [1.807, 2.05) is 85.8 Å². The molecule has 0 saturated heterocycles. The number of rotatable bonds is 9. The first-order chi connectivity index (χ1) is 17.5. The third kappa shape index (κ3) is 7.44. The molecule has 3 aromatic carbocycles. The van der Waals surface area contributed by atoms with Crippen LogP contribution in [0.4, 0.5) is 0 Å². The smallest absolute Gasteiger partial charge is 0.243 e. The van der Waals surface area contributed by atoms with Gasteiger partial charge in [0.25, 0.3) is 0 Å². The lowest BCUT2D eigenvalue weighted by Gasteiger charge is -2.33. The lowest BCUT2D eigenvalue weighted by atomic mass is 9.94. The maximum Gasteiger partial charge on any atom is 0.243 e. The summed E-state index contributed by atoms with van der Waals surface area (Å²) < 4.78 is 0. The molecule has 4 rings (SSSR count). The van der Waals surface area contributed by atoms with Crippen LogP contribution in [-0.2, 0) is 29.0 Å². The van der Waals surface area contributed by atoms with Crippen molar-refractivity contribution in [3.63, 3.8) is 0 Å². The summed E-state index contributed by atoms with van der Waals surface area (Å²) in [5.41, 5.74) is 4.04. The average molecular weight is 503 g/mol. The summed E-state index contributed by atoms with van der Waals surface area (Å²) >= 11 is 6.12. The fourth-order valence-corrected chi connectivity index (χ4v) is 5.11. The Morgan fingerprint density at radius 3 is 2.28 bits per heavy atom. The molecule has 1 saturated carbocycles. The molecule has 1 fully saturated rings. The molecule has 0 aromatic heterocycles. The monoisotopic (exact) mass is 502 g/mol. The number of amides is 2. The summed E-state index contributed by atoms with van der Waals surface area (Å²) in [5, 5.41) is 3.93. The van der Waals surface area contributed by atoms with Crippen molar-refractivity contribution < 1.29 is 9.59 Å². The van der Waals surface area contributed by atoms with Crippen molar-refractivity contribution in [1.82, 2.24) is 10.2 Å². The van der Waals surface area contributed by atoms with Gasteiger partial charge in [-0.1, -0.05) is 103 Å². The highest BCUT2D eigenvalue weighted by molar-refractivity contribution is 6.30. The van der Waals surface area contributed by atoms with E-state index in [9.17, 15) is 9.59 Å². The van der Waals surface area contributed by atoms with E-state index < -0.39 is 6.04 Å². The second-order valence-electron chi connectivity index (χ2n) is 9.86. The number of carbonyl (C=O) groups excluding carboxylic acids is 2. The van der Waals surface area contributed by atoms with Gasteiger partial charge < -0.3 is 10.2 Å². The van der Waals surface area contributed by atoms with Gasteiger partial charge in [-0.25, -0.2) is 0 Å². The van der Waals surface area contributed by atoms with Gasteiger partial charge in [0.15, 0.2) is 0 Å². The lowest BCUT2D eigenvalue weighted by molar-refractivity contribution is -0.141. The molecule has 188 valence electrons. The summed E-state index contributed by atoms with van der Waals surface area (Å²) in [4.78, 5) is 29.4. The van der Waals surface area contributed by atoms with Crippen molar-refractivity contribution in [2.24, 2.45) is 0 Å². The molecular formula is C31H35ClN2O2. The van der Waals surface area contributed by atoms with Crippen LogP contribution in [0.5, 0.6) is 0 Å². The first-order valence-electron chi connectivity index (χ1n) is 12.9. The zero-order valence-electron chi connectivity index (χ0n) is 21.0. The highest BCUT2D eigenvalue weighted by Gasteiger charge is 2.32. The van der Waals surface area contributed by atoms with Crippen molar-refractivity contribution >= 4 is 23.4 Å². The van der Waals surface area contributed by atoms with Gasteiger partial charge in [0.2, 0.25) is 11.8 Å². The minimum atomic E-state index is -0.609. The summed E-state index contributed by atoms with van der Waals surface area (Å²) in [6.45, 7) is 2.37. The molecule has 0 aliphatic heterocycles. The Labute approximate surface area is 219 Å². The van der Waals surface area contributed by atoms with Crippen molar-refractivity contribution in [3.05, 3.63) is 106 Å². The molecule has 0 heterocycles. The highest BCUT2D eigenvalue weighted by Crippen LogP contribution is 2.21. The van der Waals surface area contributed by atoms with Gasteiger partial charge in [-0.2, -0.15) is 0 Å². The number of hydrogen-bond acceptors (Lipinski definition) is 2. The van der Waals surface area contributed by atoms with E-state index in [2.05, 4.69) is 5.32 Å². The molecular weight excluding hydrogens is 468 g/mol. The van der Waals surface area contributed by atoms with E-state index >= 15 is 0 Å². The van der Waals surface area contributed by atoms with Gasteiger partial charge in [-0.05, 0) is 48.6 Å². The number of nitrogens with one attached hydrogen (secondary N) is 1. The lowest BCUT2D eigenvalue weighted by Crippen LogP contribution is -2.53. The van der Waals surface area contributed by atoms with Crippen molar-refractivity contribution in [2.75, 3.05) is 0 Å². The fourth-order valence-electron chi connectivity index (χ4n) is 4.98. The fraction of sp³-hybridized carbons (Fsp3) is 0.355. The van der Waals surface area contributed by atoms with Crippen LogP contribution >= 0.6 is 11.6 Å². The first kappa shape index (κ1) is 26.0. The number of aryl methyl sites for hydroxylation is 1. The Bertz CT molecular complexity index is 1140. The Morgan fingerprint density at radius 1 is 0.889 bits per heavy atom. The van der Waals surface area contributed by atoms with E-state index in [1.165, 1.54) is 6.42 Å². The summed E-state index contributed by atoms with van der Waals surface area (Å²) in [6.07, 6.45) is 6.20. The Balaban J connectivity index is 1.65. The third-order valence-electron chi connectivity index (χ3n) is 6.93. The van der Waals surface area contributed by atoms with E-state index in [0.29, 0.717) is 18.0 Å². The Morgan fingerprint density at radius 2 is 1.58 bits per heavy atom. The van der Waals surface area contributed by atoms with Crippen molar-refractivity contribution in [3.8, 4) is 0 Å². The topological polar surface area (TPSA) is 49.4 Å². The molecule has 0 radical (unpaired) electrons. The van der Waals surface area contributed by atoms with Gasteiger partial charge in [-0.3, -0.25) is 9.59 Å². The SMILES string of the molecule is Cc1cccc(CC(=O)N(Cc2ccc(Cl)cc2)[C@H](Cc2ccccc2)C(=O)NC2CCCCC2)c1. The van der Waals surface area contributed by atoms with E-state index in [4.69, 9.17) is 11.6 Å². The molecule has 5 heteroatoms. The van der Waals surface area contributed by atoms with Crippen molar-refractivity contribution in [1.29, 1.82) is 0 Å². The van der Waals surface area contributed by atoms with Crippen LogP contribution in [0.15, 0.2) is 78.9 Å². The van der Waals surface area contributed by atoms with Crippen LogP contribution in [0, 0.1) is 6.92 Å². The molecule has 0 unspecified atom stereocenters. The zero-order chi connectivity index (χ0) is 25.3. The summed E-state index contributed by atoms with van der Waals surface area (Å²) in [5.74, 6) is -0.132. The largest absolute Gasteiger partial charge is 0.352 e. The predicted octanol–water partition coefficient (Wildman–Crippen LogP) is 6.28. The van der Waals surface area contributed by atoms with Crippen LogP contribution in [0.1, 0.15) is 54.4 Å². The Hall–Kier alpha value is -3.11. The minimum absolute atomic E-state index is 0.0599. The van der Waals surface area contributed by atoms with Gasteiger partial charge >= 0.3 is 0 Å². The molecule has 1 aliphatic rings. The summed E-state index contributed by atoms with van der Waals surface area (Å²) in [7, 11) is 0. The van der Waals surface area contributed by atoms with Crippen LogP contribution in [0.25, 0.3) is 0 Å². The zero-order valence-corrected chi connectivity index (χ0v) is 21.7. The van der Waals surface area contributed by atoms with Crippen LogP contribution < -0.4 is 5.32 Å². The van der Waals surface area contributed by atoms with Crippen LogP contribution in [0.3, 0.4) is 0 Å². The number of halogens is 1. The van der Waals surface area contributed by atoms with Gasteiger partial charge in [0.1, 0.15) is 6.04 Å². The molecule has 1 atom stereocenters. The van der Waals surface area contributed by atoms with E-state index in [1.54, 1.807) is 4.90 Å². The third-order valence-corrected chi connectivity index (χ3v) is 7.18. The number of carbonyl (C=O) groups is 2. The minimum Gasteiger partial charge on any atom is -0.352 e. The standard InChI is InChI=1S/C31H35ClN2O2/c1-23-9-8-12-26(19-23)21-30(35)34(22-25-15-17-27(32)18-16-25)29(20-24-10-4-2-5-11-24)31(36)33-28-13-6-3-7-14-28/h2,4-5,8-12,15-19,28-29H,3,6-7,13-14,20-22H2,1H3,(H,33,36)/t29-/m1/s1. The van der Waals surface area contributed by atoms with E-state index in [-0.39, 0.29) is 24.3 Å². The molecule has 3 aromatic rings.